The molecular weight excluding hydrogens is 232 g/mol. The molecule has 1 aliphatic rings. The highest BCUT2D eigenvalue weighted by Crippen LogP contribution is 2.35. The minimum atomic E-state index is 0.752. The van der Waals surface area contributed by atoms with E-state index in [9.17, 15) is 0 Å². The molecule has 1 aromatic carbocycles. The van der Waals surface area contributed by atoms with Gasteiger partial charge in [-0.05, 0) is 36.3 Å². The average Bonchev–Trinajstić information content (AvgIpc) is 2.49. The SMILES string of the molecule is CC1CCC(c2ccc(-c3ncccn3)cc2)CC1. The number of aromatic nitrogens is 2. The highest BCUT2D eigenvalue weighted by atomic mass is 14.8. The zero-order valence-electron chi connectivity index (χ0n) is 11.4. The van der Waals surface area contributed by atoms with Gasteiger partial charge in [-0.25, -0.2) is 9.97 Å². The molecule has 0 aliphatic heterocycles. The van der Waals surface area contributed by atoms with E-state index in [1.54, 1.807) is 12.4 Å². The van der Waals surface area contributed by atoms with Gasteiger partial charge in [0.1, 0.15) is 0 Å². The van der Waals surface area contributed by atoms with Crippen LogP contribution in [0.4, 0.5) is 0 Å². The predicted molar refractivity (Wildman–Crippen MR) is 77.8 cm³/mol. The maximum absolute atomic E-state index is 4.29. The first-order chi connectivity index (χ1) is 9.33. The smallest absolute Gasteiger partial charge is 0.159 e. The molecular formula is C17H20N2. The van der Waals surface area contributed by atoms with Crippen molar-refractivity contribution in [1.82, 2.24) is 9.97 Å². The third-order valence-corrected chi connectivity index (χ3v) is 4.22. The second-order valence-corrected chi connectivity index (χ2v) is 5.65. The summed E-state index contributed by atoms with van der Waals surface area (Å²) in [7, 11) is 0. The number of rotatable bonds is 2. The number of hydrogen-bond acceptors (Lipinski definition) is 2. The van der Waals surface area contributed by atoms with Gasteiger partial charge in [0, 0.05) is 18.0 Å². The van der Waals surface area contributed by atoms with Crippen LogP contribution in [0.1, 0.15) is 44.1 Å². The molecule has 0 saturated heterocycles. The third-order valence-electron chi connectivity index (χ3n) is 4.22. The van der Waals surface area contributed by atoms with Gasteiger partial charge in [0.25, 0.3) is 0 Å². The third kappa shape index (κ3) is 2.83. The van der Waals surface area contributed by atoms with E-state index in [4.69, 9.17) is 0 Å². The van der Waals surface area contributed by atoms with Crippen LogP contribution in [-0.2, 0) is 0 Å². The molecule has 19 heavy (non-hydrogen) atoms. The Morgan fingerprint density at radius 1 is 0.895 bits per heavy atom. The van der Waals surface area contributed by atoms with Crippen LogP contribution in [0.15, 0.2) is 42.7 Å². The van der Waals surface area contributed by atoms with Crippen molar-refractivity contribution >= 4 is 0 Å². The summed E-state index contributed by atoms with van der Waals surface area (Å²) in [6.45, 7) is 2.37. The number of hydrogen-bond donors (Lipinski definition) is 0. The number of nitrogens with zero attached hydrogens (tertiary/aromatic N) is 2. The maximum Gasteiger partial charge on any atom is 0.159 e. The van der Waals surface area contributed by atoms with Gasteiger partial charge < -0.3 is 0 Å². The van der Waals surface area contributed by atoms with Crippen molar-refractivity contribution in [2.75, 3.05) is 0 Å². The Hall–Kier alpha value is -1.70. The van der Waals surface area contributed by atoms with E-state index in [-0.39, 0.29) is 0 Å². The molecule has 3 rings (SSSR count). The van der Waals surface area contributed by atoms with E-state index in [0.717, 1.165) is 23.2 Å². The fourth-order valence-electron chi connectivity index (χ4n) is 2.95. The molecule has 0 spiro atoms. The molecule has 1 fully saturated rings. The summed E-state index contributed by atoms with van der Waals surface area (Å²) in [5.41, 5.74) is 2.58. The van der Waals surface area contributed by atoms with Gasteiger partial charge >= 0.3 is 0 Å². The lowest BCUT2D eigenvalue weighted by Gasteiger charge is -2.26. The van der Waals surface area contributed by atoms with E-state index >= 15 is 0 Å². The average molecular weight is 252 g/mol. The summed E-state index contributed by atoms with van der Waals surface area (Å²) in [6, 6.07) is 10.7. The van der Waals surface area contributed by atoms with Crippen LogP contribution in [0, 0.1) is 5.92 Å². The highest BCUT2D eigenvalue weighted by molar-refractivity contribution is 5.55. The van der Waals surface area contributed by atoms with Crippen LogP contribution < -0.4 is 0 Å². The largest absolute Gasteiger partial charge is 0.237 e. The summed E-state index contributed by atoms with van der Waals surface area (Å²) in [4.78, 5) is 8.58. The monoisotopic (exact) mass is 252 g/mol. The normalized spacial score (nSPS) is 23.2. The standard InChI is InChI=1S/C17H20N2/c1-13-3-5-14(6-4-13)15-7-9-16(10-8-15)17-18-11-2-12-19-17/h2,7-14H,3-6H2,1H3. The van der Waals surface area contributed by atoms with Gasteiger partial charge in [-0.15, -0.1) is 0 Å². The topological polar surface area (TPSA) is 25.8 Å². The van der Waals surface area contributed by atoms with Gasteiger partial charge in [-0.2, -0.15) is 0 Å². The van der Waals surface area contributed by atoms with Crippen molar-refractivity contribution in [3.8, 4) is 11.4 Å². The molecule has 0 N–H and O–H groups in total. The van der Waals surface area contributed by atoms with Crippen LogP contribution >= 0.6 is 0 Å². The number of benzene rings is 1. The van der Waals surface area contributed by atoms with Gasteiger partial charge in [0.05, 0.1) is 0 Å². The molecule has 0 amide bonds. The van der Waals surface area contributed by atoms with E-state index in [0.29, 0.717) is 0 Å². The van der Waals surface area contributed by atoms with Crippen LogP contribution in [0.3, 0.4) is 0 Å². The van der Waals surface area contributed by atoms with Crippen molar-refractivity contribution in [3.63, 3.8) is 0 Å². The minimum Gasteiger partial charge on any atom is -0.237 e. The molecule has 98 valence electrons. The van der Waals surface area contributed by atoms with Gasteiger partial charge in [-0.3, -0.25) is 0 Å². The predicted octanol–water partition coefficient (Wildman–Crippen LogP) is 4.44. The summed E-state index contributed by atoms with van der Waals surface area (Å²) in [5, 5.41) is 0. The Balaban J connectivity index is 1.76. The second kappa shape index (κ2) is 5.52. The first kappa shape index (κ1) is 12.3. The summed E-state index contributed by atoms with van der Waals surface area (Å²) < 4.78 is 0. The molecule has 2 aromatic rings. The van der Waals surface area contributed by atoms with Gasteiger partial charge in [0.15, 0.2) is 5.82 Å². The van der Waals surface area contributed by atoms with Crippen molar-refractivity contribution in [1.29, 1.82) is 0 Å². The maximum atomic E-state index is 4.29. The van der Waals surface area contributed by atoms with Crippen LogP contribution in [0.2, 0.25) is 0 Å². The van der Waals surface area contributed by atoms with E-state index in [1.165, 1.54) is 31.2 Å². The van der Waals surface area contributed by atoms with Crippen molar-refractivity contribution < 1.29 is 0 Å². The molecule has 1 heterocycles. The van der Waals surface area contributed by atoms with E-state index < -0.39 is 0 Å². The van der Waals surface area contributed by atoms with E-state index in [1.807, 2.05) is 6.07 Å². The fraction of sp³-hybridized carbons (Fsp3) is 0.412. The van der Waals surface area contributed by atoms with Crippen LogP contribution in [0.25, 0.3) is 11.4 Å². The first-order valence-electron chi connectivity index (χ1n) is 7.20. The Labute approximate surface area is 114 Å². The fourth-order valence-corrected chi connectivity index (χ4v) is 2.95. The van der Waals surface area contributed by atoms with Gasteiger partial charge in [-0.1, -0.05) is 44.0 Å². The summed E-state index contributed by atoms with van der Waals surface area (Å²) >= 11 is 0. The van der Waals surface area contributed by atoms with Crippen molar-refractivity contribution in [2.45, 2.75) is 38.5 Å². The molecule has 0 bridgehead atoms. The van der Waals surface area contributed by atoms with Crippen molar-refractivity contribution in [3.05, 3.63) is 48.3 Å². The zero-order chi connectivity index (χ0) is 13.1. The minimum absolute atomic E-state index is 0.752. The summed E-state index contributed by atoms with van der Waals surface area (Å²) in [5.74, 6) is 2.47. The molecule has 0 unspecified atom stereocenters. The lowest BCUT2D eigenvalue weighted by atomic mass is 9.79. The quantitative estimate of drug-likeness (QED) is 0.789. The van der Waals surface area contributed by atoms with Crippen LogP contribution in [-0.4, -0.2) is 9.97 Å². The molecule has 2 heteroatoms. The van der Waals surface area contributed by atoms with Crippen molar-refractivity contribution in [2.24, 2.45) is 5.92 Å². The Morgan fingerprint density at radius 3 is 2.16 bits per heavy atom. The molecule has 0 radical (unpaired) electrons. The lowest BCUT2D eigenvalue weighted by molar-refractivity contribution is 0.348. The molecule has 2 nitrogen and oxygen atoms in total. The Morgan fingerprint density at radius 2 is 1.53 bits per heavy atom. The molecule has 1 aromatic heterocycles. The highest BCUT2D eigenvalue weighted by Gasteiger charge is 2.19. The molecule has 1 saturated carbocycles. The molecule has 1 aliphatic carbocycles. The molecule has 0 atom stereocenters. The van der Waals surface area contributed by atoms with Crippen LogP contribution in [0.5, 0.6) is 0 Å². The van der Waals surface area contributed by atoms with Gasteiger partial charge in [0.2, 0.25) is 0 Å². The first-order valence-corrected chi connectivity index (χ1v) is 7.20. The lowest BCUT2D eigenvalue weighted by Crippen LogP contribution is -2.10. The Kier molecular flexibility index (Phi) is 3.58. The zero-order valence-corrected chi connectivity index (χ0v) is 11.4. The Bertz CT molecular complexity index is 511. The second-order valence-electron chi connectivity index (χ2n) is 5.65. The summed E-state index contributed by atoms with van der Waals surface area (Å²) in [6.07, 6.45) is 8.99. The van der Waals surface area contributed by atoms with E-state index in [2.05, 4.69) is 41.2 Å².